The molecule has 1 aliphatic heterocycles. The van der Waals surface area contributed by atoms with Gasteiger partial charge in [0.25, 0.3) is 5.56 Å². The van der Waals surface area contributed by atoms with E-state index in [1.54, 1.807) is 33.7 Å². The number of rotatable bonds is 9. The number of hydrogen-bond donors (Lipinski definition) is 0. The van der Waals surface area contributed by atoms with E-state index in [1.165, 1.54) is 24.1 Å². The van der Waals surface area contributed by atoms with Crippen LogP contribution in [0.25, 0.3) is 10.2 Å². The highest BCUT2D eigenvalue weighted by Crippen LogP contribution is 2.35. The summed E-state index contributed by atoms with van der Waals surface area (Å²) in [5, 5.41) is 1.63. The Morgan fingerprint density at radius 2 is 2.22 bits per heavy atom. The number of thiophene rings is 1. The summed E-state index contributed by atoms with van der Waals surface area (Å²) in [7, 11) is 0. The largest absolute Gasteiger partial charge is 0.372 e. The number of nitrogens with zero attached hydrogens (tertiary/aromatic N) is 2. The number of unbranched alkanes of at least 4 members (excludes halogenated alkanes) is 3. The average Bonchev–Trinajstić information content (AvgIpc) is 3.02. The van der Waals surface area contributed by atoms with Gasteiger partial charge in [-0.2, -0.15) is 0 Å². The van der Waals surface area contributed by atoms with Gasteiger partial charge in [-0.15, -0.1) is 17.9 Å². The van der Waals surface area contributed by atoms with Crippen LogP contribution in [0.15, 0.2) is 22.6 Å². The zero-order valence-electron chi connectivity index (χ0n) is 16.6. The molecule has 0 aliphatic carbocycles. The second-order valence-electron chi connectivity index (χ2n) is 7.49. The summed E-state index contributed by atoms with van der Waals surface area (Å²) in [4.78, 5) is 20.2. The summed E-state index contributed by atoms with van der Waals surface area (Å²) in [6, 6.07) is 0. The molecule has 6 heteroatoms. The molecule has 0 aromatic carbocycles. The lowest BCUT2D eigenvalue weighted by Crippen LogP contribution is -2.28. The van der Waals surface area contributed by atoms with E-state index in [4.69, 9.17) is 9.72 Å². The van der Waals surface area contributed by atoms with Gasteiger partial charge < -0.3 is 4.74 Å². The van der Waals surface area contributed by atoms with Crippen molar-refractivity contribution < 1.29 is 4.74 Å². The van der Waals surface area contributed by atoms with Crippen molar-refractivity contribution in [3.63, 3.8) is 0 Å². The summed E-state index contributed by atoms with van der Waals surface area (Å²) in [5.41, 5.74) is 1.24. The van der Waals surface area contributed by atoms with Crippen LogP contribution in [0, 0.1) is 5.92 Å². The molecule has 0 fully saturated rings. The van der Waals surface area contributed by atoms with Crippen molar-refractivity contribution in [1.82, 2.24) is 9.55 Å². The highest BCUT2D eigenvalue weighted by Gasteiger charge is 2.28. The van der Waals surface area contributed by atoms with Gasteiger partial charge in [0, 0.05) is 23.6 Å². The fourth-order valence-electron chi connectivity index (χ4n) is 3.46. The minimum absolute atomic E-state index is 0.0814. The smallest absolute Gasteiger partial charge is 0.263 e. The summed E-state index contributed by atoms with van der Waals surface area (Å²) < 4.78 is 7.80. The van der Waals surface area contributed by atoms with Crippen LogP contribution >= 0.6 is 23.1 Å². The number of allylic oxidation sites excluding steroid dienone is 1. The first-order valence-corrected chi connectivity index (χ1v) is 11.8. The van der Waals surface area contributed by atoms with Gasteiger partial charge in [0.2, 0.25) is 0 Å². The van der Waals surface area contributed by atoms with Crippen molar-refractivity contribution >= 4 is 33.3 Å². The Morgan fingerprint density at radius 3 is 2.93 bits per heavy atom. The molecule has 0 amide bonds. The number of thioether (sulfide) groups is 1. The molecule has 3 rings (SSSR count). The molecule has 2 aromatic rings. The third-order valence-electron chi connectivity index (χ3n) is 5.08. The standard InChI is InChI=1S/C21H30N2O2S2/c1-5-7-8-9-11-26-21-22-19-18(20(24)23(21)10-6-2)15-12-16(14(3)4)25-13-17(15)27-19/h6,14,16H,2,5,7-13H2,1,3-4H3. The highest BCUT2D eigenvalue weighted by molar-refractivity contribution is 7.99. The third-order valence-corrected chi connectivity index (χ3v) is 7.24. The number of aromatic nitrogens is 2. The van der Waals surface area contributed by atoms with Crippen LogP contribution in [0.1, 0.15) is 56.9 Å². The molecule has 3 heterocycles. The van der Waals surface area contributed by atoms with Crippen LogP contribution in [-0.2, 0) is 24.3 Å². The molecule has 1 aliphatic rings. The average molecular weight is 407 g/mol. The molecule has 1 atom stereocenters. The van der Waals surface area contributed by atoms with Gasteiger partial charge in [-0.3, -0.25) is 9.36 Å². The molecular formula is C21H30N2O2S2. The van der Waals surface area contributed by atoms with Crippen LogP contribution in [-0.4, -0.2) is 21.4 Å². The molecule has 27 heavy (non-hydrogen) atoms. The van der Waals surface area contributed by atoms with Gasteiger partial charge in [0.1, 0.15) is 4.83 Å². The van der Waals surface area contributed by atoms with Crippen molar-refractivity contribution in [2.45, 2.75) is 77.3 Å². The van der Waals surface area contributed by atoms with Gasteiger partial charge in [-0.25, -0.2) is 4.98 Å². The van der Waals surface area contributed by atoms with Gasteiger partial charge in [-0.1, -0.05) is 57.9 Å². The fourth-order valence-corrected chi connectivity index (χ4v) is 5.63. The van der Waals surface area contributed by atoms with Gasteiger partial charge in [0.15, 0.2) is 5.16 Å². The SMILES string of the molecule is C=CCn1c(SCCCCCC)nc2sc3c(c2c1=O)CC(C(C)C)OC3. The van der Waals surface area contributed by atoms with E-state index in [-0.39, 0.29) is 11.7 Å². The third kappa shape index (κ3) is 4.49. The molecule has 148 valence electrons. The Bertz CT molecular complexity index is 854. The lowest BCUT2D eigenvalue weighted by Gasteiger charge is -2.26. The Kier molecular flexibility index (Phi) is 7.17. The minimum atomic E-state index is 0.0814. The summed E-state index contributed by atoms with van der Waals surface area (Å²) in [6.45, 7) is 11.5. The Labute approximate surface area is 170 Å². The van der Waals surface area contributed by atoms with Crippen molar-refractivity contribution in [3.05, 3.63) is 33.4 Å². The summed E-state index contributed by atoms with van der Waals surface area (Å²) >= 11 is 3.32. The lowest BCUT2D eigenvalue weighted by molar-refractivity contribution is 0.00200. The van der Waals surface area contributed by atoms with E-state index >= 15 is 0 Å². The molecule has 0 bridgehead atoms. The molecule has 0 spiro atoms. The van der Waals surface area contributed by atoms with Crippen LogP contribution < -0.4 is 5.56 Å². The molecular weight excluding hydrogens is 376 g/mol. The molecule has 2 aromatic heterocycles. The zero-order valence-corrected chi connectivity index (χ0v) is 18.3. The maximum Gasteiger partial charge on any atom is 0.263 e. The second kappa shape index (κ2) is 9.39. The Balaban J connectivity index is 1.95. The van der Waals surface area contributed by atoms with E-state index in [2.05, 4.69) is 27.4 Å². The van der Waals surface area contributed by atoms with Crippen molar-refractivity contribution in [3.8, 4) is 0 Å². The predicted molar refractivity (Wildman–Crippen MR) is 116 cm³/mol. The molecule has 0 radical (unpaired) electrons. The van der Waals surface area contributed by atoms with Crippen molar-refractivity contribution in [1.29, 1.82) is 0 Å². The van der Waals surface area contributed by atoms with E-state index in [9.17, 15) is 4.79 Å². The predicted octanol–water partition coefficient (Wildman–Crippen LogP) is 5.41. The Morgan fingerprint density at radius 1 is 1.41 bits per heavy atom. The van der Waals surface area contributed by atoms with E-state index in [1.807, 2.05) is 0 Å². The zero-order chi connectivity index (χ0) is 19.4. The maximum atomic E-state index is 13.3. The first kappa shape index (κ1) is 20.6. The monoisotopic (exact) mass is 406 g/mol. The number of fused-ring (bicyclic) bond motifs is 3. The Hall–Kier alpha value is -1.11. The summed E-state index contributed by atoms with van der Waals surface area (Å²) in [5.74, 6) is 1.44. The summed E-state index contributed by atoms with van der Waals surface area (Å²) in [6.07, 6.45) is 7.66. The van der Waals surface area contributed by atoms with E-state index in [0.717, 1.165) is 39.5 Å². The normalized spacial score (nSPS) is 16.8. The van der Waals surface area contributed by atoms with Crippen LogP contribution in [0.2, 0.25) is 0 Å². The molecule has 0 saturated carbocycles. The molecule has 1 unspecified atom stereocenters. The molecule has 0 saturated heterocycles. The van der Waals surface area contributed by atoms with E-state index in [0.29, 0.717) is 19.1 Å². The number of hydrogen-bond acceptors (Lipinski definition) is 5. The topological polar surface area (TPSA) is 44.1 Å². The van der Waals surface area contributed by atoms with Gasteiger partial charge >= 0.3 is 0 Å². The first-order valence-electron chi connectivity index (χ1n) is 9.97. The number of ether oxygens (including phenoxy) is 1. The minimum Gasteiger partial charge on any atom is -0.372 e. The molecule has 0 N–H and O–H groups in total. The quantitative estimate of drug-likeness (QED) is 0.242. The van der Waals surface area contributed by atoms with E-state index < -0.39 is 0 Å². The molecule has 4 nitrogen and oxygen atoms in total. The van der Waals surface area contributed by atoms with Crippen LogP contribution in [0.5, 0.6) is 0 Å². The maximum absolute atomic E-state index is 13.3. The highest BCUT2D eigenvalue weighted by atomic mass is 32.2. The van der Waals surface area contributed by atoms with Crippen LogP contribution in [0.4, 0.5) is 0 Å². The van der Waals surface area contributed by atoms with Gasteiger partial charge in [0.05, 0.1) is 18.1 Å². The van der Waals surface area contributed by atoms with Gasteiger partial charge in [-0.05, 0) is 17.9 Å². The van der Waals surface area contributed by atoms with Crippen molar-refractivity contribution in [2.75, 3.05) is 5.75 Å². The fraction of sp³-hybridized carbons (Fsp3) is 0.619. The second-order valence-corrected chi connectivity index (χ2v) is 9.64. The van der Waals surface area contributed by atoms with Crippen molar-refractivity contribution in [2.24, 2.45) is 5.92 Å². The lowest BCUT2D eigenvalue weighted by atomic mass is 9.96. The van der Waals surface area contributed by atoms with Crippen LogP contribution in [0.3, 0.4) is 0 Å². The first-order chi connectivity index (χ1) is 13.1.